The molecular formula is C32H36FNO6. The van der Waals surface area contributed by atoms with Crippen molar-refractivity contribution in [2.75, 3.05) is 11.5 Å². The van der Waals surface area contributed by atoms with Gasteiger partial charge >= 0.3 is 0 Å². The normalized spacial score (nSPS) is 28.4. The zero-order valence-corrected chi connectivity index (χ0v) is 22.4. The first-order valence-electron chi connectivity index (χ1n) is 13.9. The Hall–Kier alpha value is -3.14. The summed E-state index contributed by atoms with van der Waals surface area (Å²) in [5, 5.41) is 40.3. The van der Waals surface area contributed by atoms with Crippen LogP contribution in [0.4, 0.5) is 10.1 Å². The van der Waals surface area contributed by atoms with E-state index in [1.807, 2.05) is 12.1 Å². The Morgan fingerprint density at radius 3 is 2.08 bits per heavy atom. The molecule has 1 amide bonds. The van der Waals surface area contributed by atoms with Gasteiger partial charge in [-0.3, -0.25) is 4.79 Å². The highest BCUT2D eigenvalue weighted by atomic mass is 19.1. The molecule has 7 atom stereocenters. The number of hydrogen-bond donors (Lipinski definition) is 4. The first-order chi connectivity index (χ1) is 19.3. The molecule has 3 aromatic rings. The molecule has 7 nitrogen and oxygen atoms in total. The van der Waals surface area contributed by atoms with E-state index in [0.717, 1.165) is 24.8 Å². The number of nitrogens with zero attached hydrogens (tertiary/aromatic N) is 1. The SMILES string of the molecule is CCc1ccc(CCC[C@H]2C(=O)N(c3ccc(F)cc3)[C@@H]2c2ccc(C3O[C@H](CO)[C@@H](O)[C@H](O)[C@H]3O)cc2)cc1. The van der Waals surface area contributed by atoms with Crippen molar-refractivity contribution in [2.45, 2.75) is 69.2 Å². The number of amides is 1. The number of aryl methyl sites for hydroxylation is 2. The van der Waals surface area contributed by atoms with Crippen molar-refractivity contribution >= 4 is 11.6 Å². The zero-order chi connectivity index (χ0) is 28.4. The third-order valence-electron chi connectivity index (χ3n) is 8.23. The Kier molecular flexibility index (Phi) is 8.63. The van der Waals surface area contributed by atoms with Crippen LogP contribution < -0.4 is 4.90 Å². The molecule has 2 aliphatic rings. The molecule has 0 saturated carbocycles. The number of carbonyl (C=O) groups excluding carboxylic acids is 1. The van der Waals surface area contributed by atoms with E-state index in [2.05, 4.69) is 31.2 Å². The lowest BCUT2D eigenvalue weighted by Gasteiger charge is -2.48. The molecule has 8 heteroatoms. The van der Waals surface area contributed by atoms with Crippen LogP contribution in [-0.4, -0.2) is 57.4 Å². The van der Waals surface area contributed by atoms with Gasteiger partial charge in [-0.05, 0) is 72.2 Å². The molecule has 40 heavy (non-hydrogen) atoms. The summed E-state index contributed by atoms with van der Waals surface area (Å²) >= 11 is 0. The largest absolute Gasteiger partial charge is 0.394 e. The smallest absolute Gasteiger partial charge is 0.233 e. The first kappa shape index (κ1) is 28.4. The summed E-state index contributed by atoms with van der Waals surface area (Å²) in [6.45, 7) is 1.63. The summed E-state index contributed by atoms with van der Waals surface area (Å²) in [5.74, 6) is -0.614. The number of rotatable bonds is 9. The van der Waals surface area contributed by atoms with Crippen molar-refractivity contribution in [3.63, 3.8) is 0 Å². The van der Waals surface area contributed by atoms with Crippen LogP contribution >= 0.6 is 0 Å². The summed E-state index contributed by atoms with van der Waals surface area (Å²) in [5.41, 5.74) is 4.61. The monoisotopic (exact) mass is 549 g/mol. The summed E-state index contributed by atoms with van der Waals surface area (Å²) in [7, 11) is 0. The lowest BCUT2D eigenvalue weighted by molar-refractivity contribution is -0.231. The second-order valence-corrected chi connectivity index (χ2v) is 10.7. The van der Waals surface area contributed by atoms with Gasteiger partial charge < -0.3 is 30.1 Å². The van der Waals surface area contributed by atoms with Gasteiger partial charge in [-0.2, -0.15) is 0 Å². The van der Waals surface area contributed by atoms with Crippen molar-refractivity contribution in [1.29, 1.82) is 0 Å². The van der Waals surface area contributed by atoms with Crippen LogP contribution in [0.1, 0.15) is 54.2 Å². The number of aliphatic hydroxyl groups is 4. The molecule has 5 rings (SSSR count). The highest BCUT2D eigenvalue weighted by molar-refractivity contribution is 6.03. The van der Waals surface area contributed by atoms with Gasteiger partial charge in [0.05, 0.1) is 18.6 Å². The number of halogens is 1. The fourth-order valence-corrected chi connectivity index (χ4v) is 5.83. The van der Waals surface area contributed by atoms with Crippen LogP contribution in [0.3, 0.4) is 0 Å². The highest BCUT2D eigenvalue weighted by Crippen LogP contribution is 2.46. The van der Waals surface area contributed by atoms with Crippen LogP contribution in [0.15, 0.2) is 72.8 Å². The van der Waals surface area contributed by atoms with E-state index in [0.29, 0.717) is 17.7 Å². The van der Waals surface area contributed by atoms with E-state index < -0.39 is 37.1 Å². The van der Waals surface area contributed by atoms with Gasteiger partial charge in [0.15, 0.2) is 0 Å². The molecule has 3 aromatic carbocycles. The predicted octanol–water partition coefficient (Wildman–Crippen LogP) is 3.63. The Labute approximate surface area is 233 Å². The van der Waals surface area contributed by atoms with Gasteiger partial charge in [-0.15, -0.1) is 0 Å². The molecule has 212 valence electrons. The van der Waals surface area contributed by atoms with Crippen molar-refractivity contribution in [2.24, 2.45) is 5.92 Å². The van der Waals surface area contributed by atoms with E-state index in [1.165, 1.54) is 23.3 Å². The van der Waals surface area contributed by atoms with E-state index in [4.69, 9.17) is 4.74 Å². The molecule has 2 saturated heterocycles. The summed E-state index contributed by atoms with van der Waals surface area (Å²) in [4.78, 5) is 15.1. The Balaban J connectivity index is 1.35. The predicted molar refractivity (Wildman–Crippen MR) is 148 cm³/mol. The van der Waals surface area contributed by atoms with E-state index in [-0.39, 0.29) is 23.7 Å². The van der Waals surface area contributed by atoms with Crippen LogP contribution in [0.5, 0.6) is 0 Å². The minimum Gasteiger partial charge on any atom is -0.394 e. The van der Waals surface area contributed by atoms with Crippen molar-refractivity contribution in [3.05, 3.63) is 101 Å². The molecule has 1 unspecified atom stereocenters. The quantitative estimate of drug-likeness (QED) is 0.304. The summed E-state index contributed by atoms with van der Waals surface area (Å²) in [6, 6.07) is 21.5. The number of hydrogen-bond acceptors (Lipinski definition) is 6. The number of ether oxygens (including phenoxy) is 1. The van der Waals surface area contributed by atoms with Gasteiger partial charge in [-0.1, -0.05) is 55.5 Å². The van der Waals surface area contributed by atoms with Crippen LogP contribution in [0.2, 0.25) is 0 Å². The van der Waals surface area contributed by atoms with Gasteiger partial charge in [0.25, 0.3) is 0 Å². The molecule has 0 spiro atoms. The van der Waals surface area contributed by atoms with E-state index in [9.17, 15) is 29.6 Å². The maximum atomic E-state index is 13.6. The van der Waals surface area contributed by atoms with Gasteiger partial charge in [-0.25, -0.2) is 4.39 Å². The maximum Gasteiger partial charge on any atom is 0.233 e. The van der Waals surface area contributed by atoms with Gasteiger partial charge in [0, 0.05) is 5.69 Å². The first-order valence-corrected chi connectivity index (χ1v) is 13.9. The fraction of sp³-hybridized carbons (Fsp3) is 0.406. The van der Waals surface area contributed by atoms with Crippen molar-refractivity contribution in [1.82, 2.24) is 0 Å². The molecule has 0 aromatic heterocycles. The Morgan fingerprint density at radius 1 is 0.825 bits per heavy atom. The van der Waals surface area contributed by atoms with Crippen molar-refractivity contribution in [3.8, 4) is 0 Å². The number of benzene rings is 3. The van der Waals surface area contributed by atoms with Gasteiger partial charge in [0.1, 0.15) is 36.3 Å². The Morgan fingerprint density at radius 2 is 1.45 bits per heavy atom. The number of carbonyl (C=O) groups is 1. The average Bonchev–Trinajstić information content (AvgIpc) is 2.98. The third kappa shape index (κ3) is 5.55. The van der Waals surface area contributed by atoms with E-state index in [1.54, 1.807) is 29.2 Å². The zero-order valence-electron chi connectivity index (χ0n) is 22.4. The lowest BCUT2D eigenvalue weighted by Crippen LogP contribution is -2.55. The minimum absolute atomic E-state index is 0.00375. The van der Waals surface area contributed by atoms with Crippen LogP contribution in [-0.2, 0) is 22.4 Å². The second kappa shape index (κ2) is 12.2. The molecule has 2 aliphatic heterocycles. The third-order valence-corrected chi connectivity index (χ3v) is 8.23. The second-order valence-electron chi connectivity index (χ2n) is 10.7. The summed E-state index contributed by atoms with van der Waals surface area (Å²) < 4.78 is 19.3. The van der Waals surface area contributed by atoms with Crippen LogP contribution in [0, 0.1) is 11.7 Å². The molecule has 2 fully saturated rings. The lowest BCUT2D eigenvalue weighted by atomic mass is 9.78. The molecule has 4 N–H and O–H groups in total. The molecule has 2 heterocycles. The van der Waals surface area contributed by atoms with Crippen LogP contribution in [0.25, 0.3) is 0 Å². The van der Waals surface area contributed by atoms with E-state index >= 15 is 0 Å². The molecule has 0 aliphatic carbocycles. The molecule has 0 radical (unpaired) electrons. The topological polar surface area (TPSA) is 110 Å². The maximum absolute atomic E-state index is 13.6. The standard InChI is InChI=1S/C32H36FNO6/c1-2-19-6-8-20(9-7-19)4-3-5-25-27(34(32(25)39)24-16-14-23(33)15-17-24)21-10-12-22(13-11-21)31-30(38)29(37)28(36)26(18-35)40-31/h6-17,25-31,35-38H,2-5,18H2,1H3/t25-,26-,27-,28-,29+,30-,31?/m1/s1. The molecular weight excluding hydrogens is 513 g/mol. The summed E-state index contributed by atoms with van der Waals surface area (Å²) in [6.07, 6.45) is -2.78. The molecule has 0 bridgehead atoms. The van der Waals surface area contributed by atoms with Gasteiger partial charge in [0.2, 0.25) is 5.91 Å². The Bertz CT molecular complexity index is 1280. The minimum atomic E-state index is -1.46. The average molecular weight is 550 g/mol. The number of β-lactam (4-membered cyclic amide) rings is 1. The number of aliphatic hydroxyl groups excluding tert-OH is 4. The highest BCUT2D eigenvalue weighted by Gasteiger charge is 2.48. The fourth-order valence-electron chi connectivity index (χ4n) is 5.83. The number of anilines is 1. The van der Waals surface area contributed by atoms with Crippen molar-refractivity contribution < 1.29 is 34.3 Å².